The molecule has 0 bridgehead atoms. The number of benzene rings is 2. The fourth-order valence-electron chi connectivity index (χ4n) is 2.15. The van der Waals surface area contributed by atoms with Crippen LogP contribution in [0.2, 0.25) is 0 Å². The smallest absolute Gasteiger partial charge is 0.276 e. The van der Waals surface area contributed by atoms with E-state index in [1.54, 1.807) is 7.11 Å². The maximum Gasteiger partial charge on any atom is 0.276 e. The first-order valence-electron chi connectivity index (χ1n) is 7.63. The SMILES string of the molecule is COc1ccc(Cc2nnc(SCC=Cc3ccccc3)o2)cc1. The molecule has 0 radical (unpaired) electrons. The third-order valence-corrected chi connectivity index (χ3v) is 4.15. The Balaban J connectivity index is 1.50. The number of methoxy groups -OCH3 is 1. The maximum absolute atomic E-state index is 5.67. The van der Waals surface area contributed by atoms with Crippen molar-refractivity contribution in [1.82, 2.24) is 10.2 Å². The van der Waals surface area contributed by atoms with Gasteiger partial charge in [0.2, 0.25) is 5.89 Å². The zero-order valence-electron chi connectivity index (χ0n) is 13.4. The van der Waals surface area contributed by atoms with E-state index in [2.05, 4.69) is 34.5 Å². The molecule has 0 N–H and O–H groups in total. The third kappa shape index (κ3) is 4.73. The first kappa shape index (κ1) is 16.3. The lowest BCUT2D eigenvalue weighted by Crippen LogP contribution is -1.89. The highest BCUT2D eigenvalue weighted by Gasteiger charge is 2.07. The fourth-order valence-corrected chi connectivity index (χ4v) is 2.74. The van der Waals surface area contributed by atoms with Gasteiger partial charge in [-0.1, -0.05) is 66.4 Å². The first-order valence-corrected chi connectivity index (χ1v) is 8.62. The van der Waals surface area contributed by atoms with Gasteiger partial charge in [-0.15, -0.1) is 10.2 Å². The van der Waals surface area contributed by atoms with Crippen molar-refractivity contribution in [3.63, 3.8) is 0 Å². The average molecular weight is 338 g/mol. The Labute approximate surface area is 145 Å². The fraction of sp³-hybridized carbons (Fsp3) is 0.158. The van der Waals surface area contributed by atoms with E-state index in [4.69, 9.17) is 9.15 Å². The van der Waals surface area contributed by atoms with Crippen LogP contribution in [0.25, 0.3) is 6.08 Å². The zero-order valence-corrected chi connectivity index (χ0v) is 14.2. The molecule has 0 fully saturated rings. The molecule has 0 aliphatic rings. The quantitative estimate of drug-likeness (QED) is 0.595. The molecular weight excluding hydrogens is 320 g/mol. The summed E-state index contributed by atoms with van der Waals surface area (Å²) in [4.78, 5) is 0. The van der Waals surface area contributed by atoms with Gasteiger partial charge in [0.15, 0.2) is 0 Å². The molecule has 0 amide bonds. The van der Waals surface area contributed by atoms with Crippen LogP contribution in [-0.4, -0.2) is 23.1 Å². The second-order valence-corrected chi connectivity index (χ2v) is 6.08. The van der Waals surface area contributed by atoms with Gasteiger partial charge >= 0.3 is 0 Å². The Bertz CT molecular complexity index is 783. The van der Waals surface area contributed by atoms with E-state index in [1.165, 1.54) is 17.3 Å². The molecule has 0 saturated heterocycles. The Morgan fingerprint density at radius 1 is 1.04 bits per heavy atom. The Morgan fingerprint density at radius 2 is 1.83 bits per heavy atom. The summed E-state index contributed by atoms with van der Waals surface area (Å²) in [6.45, 7) is 0. The number of rotatable bonds is 7. The summed E-state index contributed by atoms with van der Waals surface area (Å²) >= 11 is 1.53. The Morgan fingerprint density at radius 3 is 2.58 bits per heavy atom. The zero-order chi connectivity index (χ0) is 16.6. The second-order valence-electron chi connectivity index (χ2n) is 5.11. The minimum absolute atomic E-state index is 0.594. The van der Waals surface area contributed by atoms with Crippen molar-refractivity contribution in [2.75, 3.05) is 12.9 Å². The van der Waals surface area contributed by atoms with E-state index in [0.29, 0.717) is 17.5 Å². The van der Waals surface area contributed by atoms with Crippen LogP contribution < -0.4 is 4.74 Å². The van der Waals surface area contributed by atoms with E-state index in [0.717, 1.165) is 17.1 Å². The normalized spacial score (nSPS) is 11.0. The van der Waals surface area contributed by atoms with Gasteiger partial charge in [-0.25, -0.2) is 0 Å². The average Bonchev–Trinajstić information content (AvgIpc) is 3.08. The summed E-state index contributed by atoms with van der Waals surface area (Å²) in [6, 6.07) is 18.0. The van der Waals surface area contributed by atoms with E-state index in [9.17, 15) is 0 Å². The number of thioether (sulfide) groups is 1. The van der Waals surface area contributed by atoms with Crippen LogP contribution in [0.15, 0.2) is 70.3 Å². The van der Waals surface area contributed by atoms with Crippen LogP contribution in [0.3, 0.4) is 0 Å². The molecule has 2 aromatic carbocycles. The Kier molecular flexibility index (Phi) is 5.69. The molecular formula is C19H18N2O2S. The monoisotopic (exact) mass is 338 g/mol. The van der Waals surface area contributed by atoms with Gasteiger partial charge in [0, 0.05) is 5.75 Å². The topological polar surface area (TPSA) is 48.2 Å². The predicted molar refractivity (Wildman–Crippen MR) is 96.3 cm³/mol. The number of aromatic nitrogens is 2. The van der Waals surface area contributed by atoms with Crippen molar-refractivity contribution in [1.29, 1.82) is 0 Å². The molecule has 122 valence electrons. The summed E-state index contributed by atoms with van der Waals surface area (Å²) in [5.74, 6) is 2.25. The summed E-state index contributed by atoms with van der Waals surface area (Å²) in [5, 5.41) is 8.77. The molecule has 0 aliphatic carbocycles. The van der Waals surface area contributed by atoms with E-state index in [1.807, 2.05) is 42.5 Å². The van der Waals surface area contributed by atoms with Crippen LogP contribution in [0.5, 0.6) is 5.75 Å². The number of ether oxygens (including phenoxy) is 1. The van der Waals surface area contributed by atoms with E-state index >= 15 is 0 Å². The molecule has 0 unspecified atom stereocenters. The summed E-state index contributed by atoms with van der Waals surface area (Å²) < 4.78 is 10.8. The van der Waals surface area contributed by atoms with Gasteiger partial charge in [-0.05, 0) is 23.3 Å². The van der Waals surface area contributed by atoms with E-state index in [-0.39, 0.29) is 0 Å². The van der Waals surface area contributed by atoms with Gasteiger partial charge in [0.25, 0.3) is 5.22 Å². The largest absolute Gasteiger partial charge is 0.497 e. The second kappa shape index (κ2) is 8.36. The minimum atomic E-state index is 0.594. The van der Waals surface area contributed by atoms with Crippen molar-refractivity contribution in [2.24, 2.45) is 0 Å². The standard InChI is InChI=1S/C19H18N2O2S/c1-22-17-11-9-16(10-12-17)14-18-20-21-19(23-18)24-13-5-8-15-6-3-2-4-7-15/h2-12H,13-14H2,1H3. The van der Waals surface area contributed by atoms with Crippen LogP contribution in [0, 0.1) is 0 Å². The molecule has 3 rings (SSSR count). The summed E-state index contributed by atoms with van der Waals surface area (Å²) in [5.41, 5.74) is 2.30. The molecule has 5 heteroatoms. The van der Waals surface area contributed by atoms with Gasteiger partial charge < -0.3 is 9.15 Å². The van der Waals surface area contributed by atoms with Gasteiger partial charge in [-0.2, -0.15) is 0 Å². The lowest BCUT2D eigenvalue weighted by Gasteiger charge is -2.00. The van der Waals surface area contributed by atoms with Crippen LogP contribution in [0.4, 0.5) is 0 Å². The van der Waals surface area contributed by atoms with Crippen LogP contribution in [0.1, 0.15) is 17.0 Å². The summed E-state index contributed by atoms with van der Waals surface area (Å²) in [6.07, 6.45) is 4.80. The van der Waals surface area contributed by atoms with Crippen LogP contribution >= 0.6 is 11.8 Å². The number of nitrogens with zero attached hydrogens (tertiary/aromatic N) is 2. The molecule has 0 saturated carbocycles. The molecule has 1 heterocycles. The molecule has 0 spiro atoms. The highest BCUT2D eigenvalue weighted by molar-refractivity contribution is 7.99. The minimum Gasteiger partial charge on any atom is -0.497 e. The molecule has 24 heavy (non-hydrogen) atoms. The number of hydrogen-bond donors (Lipinski definition) is 0. The lowest BCUT2D eigenvalue weighted by molar-refractivity contribution is 0.413. The third-order valence-electron chi connectivity index (χ3n) is 3.38. The van der Waals surface area contributed by atoms with Gasteiger partial charge in [0.05, 0.1) is 13.5 Å². The van der Waals surface area contributed by atoms with Crippen molar-refractivity contribution < 1.29 is 9.15 Å². The Hall–Kier alpha value is -2.53. The van der Waals surface area contributed by atoms with Crippen molar-refractivity contribution in [3.8, 4) is 5.75 Å². The van der Waals surface area contributed by atoms with Gasteiger partial charge in [-0.3, -0.25) is 0 Å². The van der Waals surface area contributed by atoms with Crippen molar-refractivity contribution in [3.05, 3.63) is 77.7 Å². The molecule has 3 aromatic rings. The molecule has 0 aliphatic heterocycles. The molecule has 1 aromatic heterocycles. The predicted octanol–water partition coefficient (Wildman–Crippen LogP) is 4.47. The van der Waals surface area contributed by atoms with Gasteiger partial charge in [0.1, 0.15) is 5.75 Å². The van der Waals surface area contributed by atoms with Crippen molar-refractivity contribution >= 4 is 17.8 Å². The van der Waals surface area contributed by atoms with E-state index < -0.39 is 0 Å². The number of hydrogen-bond acceptors (Lipinski definition) is 5. The van der Waals surface area contributed by atoms with Crippen molar-refractivity contribution in [2.45, 2.75) is 11.6 Å². The summed E-state index contributed by atoms with van der Waals surface area (Å²) in [7, 11) is 1.66. The van der Waals surface area contributed by atoms with Crippen LogP contribution in [-0.2, 0) is 6.42 Å². The first-order chi connectivity index (χ1) is 11.8. The lowest BCUT2D eigenvalue weighted by atomic mass is 10.1. The highest BCUT2D eigenvalue weighted by atomic mass is 32.2. The molecule has 4 nitrogen and oxygen atoms in total. The maximum atomic E-state index is 5.67. The highest BCUT2D eigenvalue weighted by Crippen LogP contribution is 2.19. The molecule has 0 atom stereocenters.